The van der Waals surface area contributed by atoms with E-state index in [-0.39, 0.29) is 17.8 Å². The standard InChI is InChI=1S/C17H20FN3O3S/c1-2-24-17(23)21-11-9-20(10-12-21)16(25)19-15(22)8-5-13-3-6-14(18)7-4-13/h3-8H,2,9-12H2,1H3,(H,19,22,25). The summed E-state index contributed by atoms with van der Waals surface area (Å²) >= 11 is 5.23. The van der Waals surface area contributed by atoms with E-state index in [1.165, 1.54) is 18.2 Å². The smallest absolute Gasteiger partial charge is 0.409 e. The van der Waals surface area contributed by atoms with Crippen molar-refractivity contribution in [1.29, 1.82) is 0 Å². The molecule has 0 unspecified atom stereocenters. The molecule has 0 spiro atoms. The van der Waals surface area contributed by atoms with E-state index in [1.54, 1.807) is 30.0 Å². The summed E-state index contributed by atoms with van der Waals surface area (Å²) in [4.78, 5) is 27.0. The van der Waals surface area contributed by atoms with Crippen LogP contribution in [0.5, 0.6) is 0 Å². The molecule has 25 heavy (non-hydrogen) atoms. The summed E-state index contributed by atoms with van der Waals surface area (Å²) in [7, 11) is 0. The van der Waals surface area contributed by atoms with Gasteiger partial charge in [-0.15, -0.1) is 0 Å². The predicted octanol–water partition coefficient (Wildman–Crippen LogP) is 2.01. The van der Waals surface area contributed by atoms with Crippen LogP contribution in [0.25, 0.3) is 6.08 Å². The molecule has 1 aromatic rings. The van der Waals surface area contributed by atoms with Crippen LogP contribution in [0.2, 0.25) is 0 Å². The molecule has 1 heterocycles. The molecule has 1 aliphatic heterocycles. The molecule has 1 aromatic carbocycles. The Hall–Kier alpha value is -2.48. The van der Waals surface area contributed by atoms with Crippen LogP contribution in [0.15, 0.2) is 30.3 Å². The molecule has 0 saturated carbocycles. The average molecular weight is 365 g/mol. The first kappa shape index (κ1) is 18.9. The SMILES string of the molecule is CCOC(=O)N1CCN(C(=S)NC(=O)C=Cc2ccc(F)cc2)CC1. The Balaban J connectivity index is 1.79. The van der Waals surface area contributed by atoms with Gasteiger partial charge in [-0.3, -0.25) is 10.1 Å². The second-order valence-electron chi connectivity index (χ2n) is 5.35. The Kier molecular flexibility index (Phi) is 6.88. The number of thiocarbonyl (C=S) groups is 1. The Morgan fingerprint density at radius 3 is 2.40 bits per heavy atom. The molecule has 8 heteroatoms. The van der Waals surface area contributed by atoms with E-state index in [9.17, 15) is 14.0 Å². The van der Waals surface area contributed by atoms with Crippen LogP contribution in [-0.2, 0) is 9.53 Å². The van der Waals surface area contributed by atoms with E-state index < -0.39 is 0 Å². The van der Waals surface area contributed by atoms with E-state index in [4.69, 9.17) is 17.0 Å². The van der Waals surface area contributed by atoms with Crippen molar-refractivity contribution in [2.45, 2.75) is 6.92 Å². The van der Waals surface area contributed by atoms with Gasteiger partial charge in [0, 0.05) is 32.3 Å². The number of nitrogens with zero attached hydrogens (tertiary/aromatic N) is 2. The highest BCUT2D eigenvalue weighted by atomic mass is 32.1. The Labute approximate surface area is 151 Å². The lowest BCUT2D eigenvalue weighted by molar-refractivity contribution is -0.115. The Morgan fingerprint density at radius 2 is 1.80 bits per heavy atom. The first-order valence-corrected chi connectivity index (χ1v) is 8.35. The van der Waals surface area contributed by atoms with E-state index in [2.05, 4.69) is 5.32 Å². The number of rotatable bonds is 3. The molecule has 6 nitrogen and oxygen atoms in total. The molecule has 0 aromatic heterocycles. The second-order valence-corrected chi connectivity index (χ2v) is 5.74. The number of amides is 2. The minimum Gasteiger partial charge on any atom is -0.450 e. The first-order valence-electron chi connectivity index (χ1n) is 7.95. The maximum Gasteiger partial charge on any atom is 0.409 e. The van der Waals surface area contributed by atoms with Crippen molar-refractivity contribution in [3.63, 3.8) is 0 Å². The van der Waals surface area contributed by atoms with Gasteiger partial charge < -0.3 is 14.5 Å². The third-order valence-corrected chi connectivity index (χ3v) is 3.98. The lowest BCUT2D eigenvalue weighted by atomic mass is 10.2. The van der Waals surface area contributed by atoms with Crippen molar-refractivity contribution in [3.8, 4) is 0 Å². The van der Waals surface area contributed by atoms with Crippen LogP contribution in [0.3, 0.4) is 0 Å². The van der Waals surface area contributed by atoms with Gasteiger partial charge in [-0.1, -0.05) is 12.1 Å². The zero-order chi connectivity index (χ0) is 18.2. The maximum absolute atomic E-state index is 12.8. The van der Waals surface area contributed by atoms with E-state index in [0.29, 0.717) is 43.5 Å². The monoisotopic (exact) mass is 365 g/mol. The van der Waals surface area contributed by atoms with Gasteiger partial charge in [-0.25, -0.2) is 9.18 Å². The highest BCUT2D eigenvalue weighted by Gasteiger charge is 2.23. The Morgan fingerprint density at radius 1 is 1.20 bits per heavy atom. The van der Waals surface area contributed by atoms with Crippen LogP contribution in [-0.4, -0.2) is 59.7 Å². The van der Waals surface area contributed by atoms with Crippen LogP contribution in [0, 0.1) is 5.82 Å². The fourth-order valence-electron chi connectivity index (χ4n) is 2.28. The lowest BCUT2D eigenvalue weighted by Crippen LogP contribution is -2.53. The zero-order valence-corrected chi connectivity index (χ0v) is 14.7. The van der Waals surface area contributed by atoms with Crippen molar-refractivity contribution >= 4 is 35.4 Å². The highest BCUT2D eigenvalue weighted by molar-refractivity contribution is 7.80. The fraction of sp³-hybridized carbons (Fsp3) is 0.353. The number of piperazine rings is 1. The quantitative estimate of drug-likeness (QED) is 0.656. The molecule has 1 fully saturated rings. The average Bonchev–Trinajstić information content (AvgIpc) is 2.61. The molecule has 134 valence electrons. The number of hydrogen-bond acceptors (Lipinski definition) is 4. The van der Waals surface area contributed by atoms with Crippen molar-refractivity contribution in [2.75, 3.05) is 32.8 Å². The number of halogens is 1. The van der Waals surface area contributed by atoms with Gasteiger partial charge in [-0.2, -0.15) is 0 Å². The van der Waals surface area contributed by atoms with E-state index in [0.717, 1.165) is 0 Å². The number of ether oxygens (including phenoxy) is 1. The zero-order valence-electron chi connectivity index (χ0n) is 13.9. The third-order valence-electron chi connectivity index (χ3n) is 3.62. The first-order chi connectivity index (χ1) is 12.0. The molecule has 0 atom stereocenters. The molecule has 1 aliphatic rings. The largest absolute Gasteiger partial charge is 0.450 e. The van der Waals surface area contributed by atoms with E-state index >= 15 is 0 Å². The van der Waals surface area contributed by atoms with Gasteiger partial charge in [-0.05, 0) is 42.9 Å². The van der Waals surface area contributed by atoms with Crippen LogP contribution in [0.4, 0.5) is 9.18 Å². The highest BCUT2D eigenvalue weighted by Crippen LogP contribution is 2.06. The lowest BCUT2D eigenvalue weighted by Gasteiger charge is -2.35. The van der Waals surface area contributed by atoms with Gasteiger partial charge in [0.1, 0.15) is 5.82 Å². The third kappa shape index (κ3) is 5.82. The summed E-state index contributed by atoms with van der Waals surface area (Å²) in [6, 6.07) is 5.80. The molecule has 0 aliphatic carbocycles. The number of carbonyl (C=O) groups is 2. The second kappa shape index (κ2) is 9.12. The Bertz CT molecular complexity index is 656. The van der Waals surface area contributed by atoms with Gasteiger partial charge in [0.25, 0.3) is 0 Å². The number of nitrogens with one attached hydrogen (secondary N) is 1. The van der Waals surface area contributed by atoms with Gasteiger partial charge >= 0.3 is 6.09 Å². The predicted molar refractivity (Wildman–Crippen MR) is 96.3 cm³/mol. The molecule has 2 amide bonds. The summed E-state index contributed by atoms with van der Waals surface area (Å²) in [5.74, 6) is -0.688. The van der Waals surface area contributed by atoms with Crippen molar-refractivity contribution in [2.24, 2.45) is 0 Å². The topological polar surface area (TPSA) is 61.9 Å². The van der Waals surface area contributed by atoms with Crippen LogP contribution >= 0.6 is 12.2 Å². The molecule has 1 saturated heterocycles. The molecular formula is C17H20FN3O3S. The summed E-state index contributed by atoms with van der Waals surface area (Å²) < 4.78 is 17.8. The molecule has 0 bridgehead atoms. The number of benzene rings is 1. The minimum atomic E-state index is -0.359. The maximum atomic E-state index is 12.8. The number of carbonyl (C=O) groups excluding carboxylic acids is 2. The fourth-order valence-corrected chi connectivity index (χ4v) is 2.56. The molecular weight excluding hydrogens is 345 g/mol. The van der Waals surface area contributed by atoms with Gasteiger partial charge in [0.2, 0.25) is 5.91 Å². The minimum absolute atomic E-state index is 0.317. The van der Waals surface area contributed by atoms with Crippen molar-refractivity contribution in [1.82, 2.24) is 15.1 Å². The van der Waals surface area contributed by atoms with Gasteiger partial charge in [0.15, 0.2) is 5.11 Å². The van der Waals surface area contributed by atoms with Crippen molar-refractivity contribution < 1.29 is 18.7 Å². The summed E-state index contributed by atoms with van der Waals surface area (Å²) in [6.07, 6.45) is 2.59. The van der Waals surface area contributed by atoms with E-state index in [1.807, 2.05) is 4.90 Å². The summed E-state index contributed by atoms with van der Waals surface area (Å²) in [5.41, 5.74) is 0.713. The molecule has 1 N–H and O–H groups in total. The summed E-state index contributed by atoms with van der Waals surface area (Å²) in [5, 5.41) is 2.94. The molecule has 2 rings (SSSR count). The van der Waals surface area contributed by atoms with Crippen LogP contribution in [0.1, 0.15) is 12.5 Å². The number of hydrogen-bond donors (Lipinski definition) is 1. The normalized spacial score (nSPS) is 14.5. The van der Waals surface area contributed by atoms with Crippen LogP contribution < -0.4 is 5.32 Å². The van der Waals surface area contributed by atoms with Gasteiger partial charge in [0.05, 0.1) is 6.61 Å². The van der Waals surface area contributed by atoms with Crippen molar-refractivity contribution in [3.05, 3.63) is 41.7 Å². The summed E-state index contributed by atoms with van der Waals surface area (Å²) in [6.45, 7) is 4.13. The molecule has 0 radical (unpaired) electrons.